The van der Waals surface area contributed by atoms with E-state index in [2.05, 4.69) is 10.3 Å². The molecule has 0 N–H and O–H groups in total. The van der Waals surface area contributed by atoms with Gasteiger partial charge in [-0.1, -0.05) is 18.2 Å². The number of ether oxygens (including phenoxy) is 2. The average molecular weight is 452 g/mol. The molecule has 0 aliphatic carbocycles. The lowest BCUT2D eigenvalue weighted by Crippen LogP contribution is -2.35. The third-order valence-electron chi connectivity index (χ3n) is 5.54. The minimum Gasteiger partial charge on any atom is -0.493 e. The van der Waals surface area contributed by atoms with Gasteiger partial charge in [0.05, 0.1) is 19.4 Å². The molecule has 7 heteroatoms. The van der Waals surface area contributed by atoms with Gasteiger partial charge < -0.3 is 14.4 Å². The number of carbonyl (C=O) groups excluding carboxylic acids is 1. The van der Waals surface area contributed by atoms with Crippen LogP contribution in [0.1, 0.15) is 29.4 Å². The van der Waals surface area contributed by atoms with Gasteiger partial charge >= 0.3 is 0 Å². The number of nitrogens with zero attached hydrogens (tertiary/aromatic N) is 3. The fraction of sp³-hybridized carbons (Fsp3) is 0.360. The molecule has 1 aromatic heterocycles. The van der Waals surface area contributed by atoms with Crippen LogP contribution in [0.25, 0.3) is 10.6 Å². The summed E-state index contributed by atoms with van der Waals surface area (Å²) < 4.78 is 11.1. The van der Waals surface area contributed by atoms with E-state index in [1.54, 1.807) is 18.4 Å². The second-order valence-electron chi connectivity index (χ2n) is 7.73. The van der Waals surface area contributed by atoms with Crippen molar-refractivity contribution in [3.8, 4) is 22.1 Å². The molecule has 1 fully saturated rings. The van der Waals surface area contributed by atoms with E-state index in [9.17, 15) is 4.79 Å². The van der Waals surface area contributed by atoms with E-state index < -0.39 is 0 Å². The Kier molecular flexibility index (Phi) is 7.39. The van der Waals surface area contributed by atoms with Crippen LogP contribution in [0.4, 0.5) is 0 Å². The molecule has 32 heavy (non-hydrogen) atoms. The van der Waals surface area contributed by atoms with Crippen LogP contribution in [0.15, 0.2) is 53.9 Å². The van der Waals surface area contributed by atoms with E-state index >= 15 is 0 Å². The number of hydrogen-bond donors (Lipinski definition) is 0. The third kappa shape index (κ3) is 5.29. The maximum Gasteiger partial charge on any atom is 0.253 e. The zero-order valence-corrected chi connectivity index (χ0v) is 19.4. The topological polar surface area (TPSA) is 54.9 Å². The van der Waals surface area contributed by atoms with Crippen molar-refractivity contribution in [3.63, 3.8) is 0 Å². The number of rotatable bonds is 7. The first-order chi connectivity index (χ1) is 15.7. The van der Waals surface area contributed by atoms with E-state index in [0.29, 0.717) is 6.61 Å². The Balaban J connectivity index is 1.38. The van der Waals surface area contributed by atoms with Crippen molar-refractivity contribution in [1.29, 1.82) is 0 Å². The van der Waals surface area contributed by atoms with Crippen molar-refractivity contribution in [2.45, 2.75) is 19.9 Å². The summed E-state index contributed by atoms with van der Waals surface area (Å²) in [6.07, 6.45) is 0.964. The zero-order chi connectivity index (χ0) is 22.3. The molecular weight excluding hydrogens is 422 g/mol. The SMILES string of the molecule is CCOc1ccc(-c2nc(CN3CCCN(C(=O)c4ccccc4)CC3)cs2)cc1OC. The zero-order valence-electron chi connectivity index (χ0n) is 18.6. The predicted octanol–water partition coefficient (Wildman–Crippen LogP) is 4.57. The number of hydrogen-bond acceptors (Lipinski definition) is 6. The van der Waals surface area contributed by atoms with Crippen LogP contribution < -0.4 is 9.47 Å². The second kappa shape index (κ2) is 10.6. The minimum absolute atomic E-state index is 0.118. The maximum atomic E-state index is 12.8. The van der Waals surface area contributed by atoms with Gasteiger partial charge in [0, 0.05) is 49.2 Å². The summed E-state index contributed by atoms with van der Waals surface area (Å²) >= 11 is 1.64. The van der Waals surface area contributed by atoms with Crippen molar-refractivity contribution in [3.05, 3.63) is 65.2 Å². The molecule has 1 aliphatic heterocycles. The van der Waals surface area contributed by atoms with Crippen LogP contribution >= 0.6 is 11.3 Å². The molecule has 0 atom stereocenters. The Labute approximate surface area is 193 Å². The van der Waals surface area contributed by atoms with Gasteiger partial charge in [-0.05, 0) is 43.7 Å². The van der Waals surface area contributed by atoms with E-state index in [4.69, 9.17) is 14.5 Å². The minimum atomic E-state index is 0.118. The largest absolute Gasteiger partial charge is 0.493 e. The second-order valence-corrected chi connectivity index (χ2v) is 8.59. The molecule has 0 saturated carbocycles. The van der Waals surface area contributed by atoms with Gasteiger partial charge in [0.15, 0.2) is 11.5 Å². The molecule has 2 heterocycles. The highest BCUT2D eigenvalue weighted by molar-refractivity contribution is 7.13. The van der Waals surface area contributed by atoms with Gasteiger partial charge in [0.1, 0.15) is 5.01 Å². The van der Waals surface area contributed by atoms with Gasteiger partial charge in [-0.3, -0.25) is 9.69 Å². The lowest BCUT2D eigenvalue weighted by Gasteiger charge is -2.21. The Hall–Kier alpha value is -2.90. The van der Waals surface area contributed by atoms with E-state index in [1.807, 2.05) is 60.4 Å². The monoisotopic (exact) mass is 451 g/mol. The van der Waals surface area contributed by atoms with Gasteiger partial charge in [0.25, 0.3) is 5.91 Å². The first-order valence-electron chi connectivity index (χ1n) is 11.0. The highest BCUT2D eigenvalue weighted by Gasteiger charge is 2.21. The Bertz CT molecular complexity index is 1040. The molecule has 4 rings (SSSR count). The Morgan fingerprint density at radius 2 is 1.91 bits per heavy atom. The summed E-state index contributed by atoms with van der Waals surface area (Å²) in [7, 11) is 1.65. The number of thiazole rings is 1. The number of benzene rings is 2. The summed E-state index contributed by atoms with van der Waals surface area (Å²) in [4.78, 5) is 22.0. The van der Waals surface area contributed by atoms with E-state index in [1.165, 1.54) is 0 Å². The van der Waals surface area contributed by atoms with Crippen molar-refractivity contribution >= 4 is 17.2 Å². The number of methoxy groups -OCH3 is 1. The van der Waals surface area contributed by atoms with Crippen LogP contribution in [-0.4, -0.2) is 60.6 Å². The molecule has 0 unspecified atom stereocenters. The fourth-order valence-corrected chi connectivity index (χ4v) is 4.72. The van der Waals surface area contributed by atoms with E-state index in [-0.39, 0.29) is 5.91 Å². The molecule has 3 aromatic rings. The molecule has 1 saturated heterocycles. The van der Waals surface area contributed by atoms with Gasteiger partial charge in [-0.25, -0.2) is 4.98 Å². The first-order valence-corrected chi connectivity index (χ1v) is 11.9. The molecule has 6 nitrogen and oxygen atoms in total. The summed E-state index contributed by atoms with van der Waals surface area (Å²) in [5, 5.41) is 3.09. The smallest absolute Gasteiger partial charge is 0.253 e. The summed E-state index contributed by atoms with van der Waals surface area (Å²) in [5.41, 5.74) is 2.84. The maximum absolute atomic E-state index is 12.8. The molecule has 0 radical (unpaired) electrons. The van der Waals surface area contributed by atoms with Crippen molar-refractivity contribution in [2.24, 2.45) is 0 Å². The van der Waals surface area contributed by atoms with Crippen LogP contribution in [0.2, 0.25) is 0 Å². The molecule has 0 bridgehead atoms. The summed E-state index contributed by atoms with van der Waals surface area (Å²) in [6, 6.07) is 15.5. The molecule has 2 aromatic carbocycles. The fourth-order valence-electron chi connectivity index (χ4n) is 3.91. The standard InChI is InChI=1S/C25H29N3O3S/c1-3-31-22-11-10-20(16-23(22)30-2)24-26-21(18-32-24)17-27-12-7-13-28(15-14-27)25(29)19-8-5-4-6-9-19/h4-6,8-11,16,18H,3,7,12-15,17H2,1-2H3. The highest BCUT2D eigenvalue weighted by Crippen LogP contribution is 2.34. The van der Waals surface area contributed by atoms with Crippen LogP contribution in [0.5, 0.6) is 11.5 Å². The average Bonchev–Trinajstić information content (AvgIpc) is 3.17. The lowest BCUT2D eigenvalue weighted by molar-refractivity contribution is 0.0761. The third-order valence-corrected chi connectivity index (χ3v) is 6.48. The lowest BCUT2D eigenvalue weighted by atomic mass is 10.2. The molecule has 1 aliphatic rings. The summed E-state index contributed by atoms with van der Waals surface area (Å²) in [5.74, 6) is 1.58. The van der Waals surface area contributed by atoms with Crippen molar-refractivity contribution in [2.75, 3.05) is 39.9 Å². The molecule has 0 spiro atoms. The first kappa shape index (κ1) is 22.3. The number of carbonyl (C=O) groups is 1. The highest BCUT2D eigenvalue weighted by atomic mass is 32.1. The Morgan fingerprint density at radius 3 is 2.69 bits per heavy atom. The van der Waals surface area contributed by atoms with Gasteiger partial charge in [-0.2, -0.15) is 0 Å². The molecule has 1 amide bonds. The quantitative estimate of drug-likeness (QED) is 0.527. The normalized spacial score (nSPS) is 14.8. The summed E-state index contributed by atoms with van der Waals surface area (Å²) in [6.45, 7) is 6.68. The van der Waals surface area contributed by atoms with Crippen molar-refractivity contribution in [1.82, 2.24) is 14.8 Å². The van der Waals surface area contributed by atoms with Crippen LogP contribution in [0, 0.1) is 0 Å². The van der Waals surface area contributed by atoms with Gasteiger partial charge in [0.2, 0.25) is 0 Å². The predicted molar refractivity (Wildman–Crippen MR) is 128 cm³/mol. The number of aromatic nitrogens is 1. The Morgan fingerprint density at radius 1 is 1.06 bits per heavy atom. The molecular formula is C25H29N3O3S. The molecule has 168 valence electrons. The van der Waals surface area contributed by atoms with E-state index in [0.717, 1.165) is 72.5 Å². The van der Waals surface area contributed by atoms with Crippen molar-refractivity contribution < 1.29 is 14.3 Å². The van der Waals surface area contributed by atoms with Crippen LogP contribution in [0.3, 0.4) is 0 Å². The number of amides is 1. The van der Waals surface area contributed by atoms with Gasteiger partial charge in [-0.15, -0.1) is 11.3 Å². The van der Waals surface area contributed by atoms with Crippen LogP contribution in [-0.2, 0) is 6.54 Å².